The minimum absolute atomic E-state index is 0.0508. The number of rotatable bonds is 6. The molecule has 0 bridgehead atoms. The second kappa shape index (κ2) is 8.30. The molecular formula is C23H30N2O5. The largest absolute Gasteiger partial charge is 0.493 e. The Bertz CT molecular complexity index is 903. The number of nitrogens with zero attached hydrogens (tertiary/aromatic N) is 2. The summed E-state index contributed by atoms with van der Waals surface area (Å²) in [6.45, 7) is 2.75. The lowest BCUT2D eigenvalue weighted by Crippen LogP contribution is -2.45. The van der Waals surface area contributed by atoms with E-state index in [-0.39, 0.29) is 11.8 Å². The van der Waals surface area contributed by atoms with Crippen molar-refractivity contribution in [3.05, 3.63) is 41.3 Å². The molecule has 1 aromatic carbocycles. The quantitative estimate of drug-likeness (QED) is 0.782. The summed E-state index contributed by atoms with van der Waals surface area (Å²) in [5.41, 5.74) is 1.21. The Morgan fingerprint density at radius 3 is 2.57 bits per heavy atom. The molecule has 2 heterocycles. The number of aryl methyl sites for hydroxylation is 1. The van der Waals surface area contributed by atoms with Crippen LogP contribution in [-0.2, 0) is 16.6 Å². The van der Waals surface area contributed by atoms with Crippen LogP contribution in [0.1, 0.15) is 42.7 Å². The molecule has 30 heavy (non-hydrogen) atoms. The minimum Gasteiger partial charge on any atom is -0.493 e. The number of aromatic nitrogens is 1. The minimum atomic E-state index is -0.572. The van der Waals surface area contributed by atoms with Crippen LogP contribution in [0.5, 0.6) is 11.5 Å². The summed E-state index contributed by atoms with van der Waals surface area (Å²) in [5, 5.41) is 14.6. The van der Waals surface area contributed by atoms with Gasteiger partial charge in [-0.25, -0.2) is 0 Å². The number of aliphatic hydroxyl groups is 1. The molecule has 7 nitrogen and oxygen atoms in total. The molecule has 2 aromatic rings. The maximum absolute atomic E-state index is 13.8. The molecule has 0 unspecified atom stereocenters. The first-order chi connectivity index (χ1) is 14.5. The van der Waals surface area contributed by atoms with Crippen molar-refractivity contribution in [3.8, 4) is 11.5 Å². The Morgan fingerprint density at radius 2 is 1.93 bits per heavy atom. The third kappa shape index (κ3) is 3.67. The van der Waals surface area contributed by atoms with Crippen LogP contribution in [0.15, 0.2) is 28.8 Å². The highest BCUT2D eigenvalue weighted by atomic mass is 16.5. The second-order valence-electron chi connectivity index (χ2n) is 8.54. The van der Waals surface area contributed by atoms with Gasteiger partial charge in [-0.2, -0.15) is 0 Å². The summed E-state index contributed by atoms with van der Waals surface area (Å²) in [4.78, 5) is 15.6. The molecule has 4 rings (SSSR count). The summed E-state index contributed by atoms with van der Waals surface area (Å²) in [6.07, 6.45) is 3.65. The zero-order valence-corrected chi connectivity index (χ0v) is 17.9. The van der Waals surface area contributed by atoms with Crippen molar-refractivity contribution in [3.63, 3.8) is 0 Å². The Kier molecular flexibility index (Phi) is 5.73. The van der Waals surface area contributed by atoms with Crippen LogP contribution in [0.25, 0.3) is 0 Å². The predicted molar refractivity (Wildman–Crippen MR) is 111 cm³/mol. The van der Waals surface area contributed by atoms with Crippen LogP contribution < -0.4 is 9.47 Å². The number of aliphatic hydroxyl groups excluding tert-OH is 1. The van der Waals surface area contributed by atoms with Gasteiger partial charge in [0.2, 0.25) is 5.91 Å². The molecule has 0 radical (unpaired) electrons. The van der Waals surface area contributed by atoms with Gasteiger partial charge in [-0.3, -0.25) is 4.79 Å². The number of carbonyl (C=O) groups is 1. The molecule has 0 spiro atoms. The smallest absolute Gasteiger partial charge is 0.233 e. The van der Waals surface area contributed by atoms with E-state index in [9.17, 15) is 9.90 Å². The third-order valence-electron chi connectivity index (χ3n) is 6.64. The van der Waals surface area contributed by atoms with Gasteiger partial charge in [-0.05, 0) is 37.5 Å². The zero-order chi connectivity index (χ0) is 21.3. The highest BCUT2D eigenvalue weighted by molar-refractivity contribution is 5.89. The van der Waals surface area contributed by atoms with E-state index in [1.807, 2.05) is 36.1 Å². The number of methoxy groups -OCH3 is 2. The van der Waals surface area contributed by atoms with E-state index in [2.05, 4.69) is 5.16 Å². The summed E-state index contributed by atoms with van der Waals surface area (Å²) in [5.74, 6) is 2.09. The maximum Gasteiger partial charge on any atom is 0.233 e. The average molecular weight is 415 g/mol. The van der Waals surface area contributed by atoms with E-state index in [0.717, 1.165) is 42.7 Å². The fraction of sp³-hybridized carbons (Fsp3) is 0.565. The van der Waals surface area contributed by atoms with E-state index in [1.165, 1.54) is 0 Å². The van der Waals surface area contributed by atoms with Gasteiger partial charge in [0.15, 0.2) is 11.5 Å². The van der Waals surface area contributed by atoms with Gasteiger partial charge in [0.25, 0.3) is 0 Å². The fourth-order valence-corrected chi connectivity index (χ4v) is 5.03. The molecule has 2 atom stereocenters. The van der Waals surface area contributed by atoms with Crippen LogP contribution in [0, 0.1) is 12.8 Å². The Hall–Kier alpha value is -2.54. The molecule has 1 aliphatic carbocycles. The molecule has 2 fully saturated rings. The maximum atomic E-state index is 13.8. The van der Waals surface area contributed by atoms with Gasteiger partial charge >= 0.3 is 0 Å². The first kappa shape index (κ1) is 20.7. The molecule has 2 aliphatic rings. The first-order valence-corrected chi connectivity index (χ1v) is 10.6. The number of carbonyl (C=O) groups excluding carboxylic acids is 1. The van der Waals surface area contributed by atoms with Gasteiger partial charge in [0.05, 0.1) is 31.4 Å². The van der Waals surface area contributed by atoms with Crippen molar-refractivity contribution in [1.82, 2.24) is 10.1 Å². The van der Waals surface area contributed by atoms with Crippen molar-refractivity contribution < 1.29 is 23.9 Å². The Labute approximate surface area is 176 Å². The fourth-order valence-electron chi connectivity index (χ4n) is 5.03. The number of likely N-dealkylation sites (tertiary alicyclic amines) is 1. The van der Waals surface area contributed by atoms with Crippen LogP contribution in [-0.4, -0.2) is 54.5 Å². The number of ether oxygens (including phenoxy) is 2. The number of hydrogen-bond donors (Lipinski definition) is 1. The Balaban J connectivity index is 1.57. The summed E-state index contributed by atoms with van der Waals surface area (Å²) >= 11 is 0. The van der Waals surface area contributed by atoms with Gasteiger partial charge in [-0.1, -0.05) is 24.1 Å². The lowest BCUT2D eigenvalue weighted by Gasteiger charge is -2.33. The SMILES string of the molecule is COc1ccc(C2(C(=O)N3C[C@@H](Cc4cc(C)no4)[C@H](O)C3)CCCC2)cc1OC. The topological polar surface area (TPSA) is 85.0 Å². The summed E-state index contributed by atoms with van der Waals surface area (Å²) in [6, 6.07) is 7.67. The summed E-state index contributed by atoms with van der Waals surface area (Å²) in [7, 11) is 3.22. The average Bonchev–Trinajstić information content (AvgIpc) is 3.48. The molecule has 1 aliphatic heterocycles. The van der Waals surface area contributed by atoms with Crippen molar-refractivity contribution >= 4 is 5.91 Å². The number of benzene rings is 1. The molecule has 1 amide bonds. The van der Waals surface area contributed by atoms with E-state index in [0.29, 0.717) is 31.0 Å². The molecule has 1 aromatic heterocycles. The van der Waals surface area contributed by atoms with Crippen LogP contribution in [0.4, 0.5) is 0 Å². The summed E-state index contributed by atoms with van der Waals surface area (Å²) < 4.78 is 16.2. The highest BCUT2D eigenvalue weighted by Gasteiger charge is 2.48. The molecule has 1 N–H and O–H groups in total. The monoisotopic (exact) mass is 414 g/mol. The molecule has 7 heteroatoms. The van der Waals surface area contributed by atoms with E-state index >= 15 is 0 Å². The van der Waals surface area contributed by atoms with Gasteiger partial charge in [0.1, 0.15) is 5.76 Å². The normalized spacial score (nSPS) is 23.0. The lowest BCUT2D eigenvalue weighted by atomic mass is 9.77. The second-order valence-corrected chi connectivity index (χ2v) is 8.54. The van der Waals surface area contributed by atoms with Crippen LogP contribution in [0.3, 0.4) is 0 Å². The third-order valence-corrected chi connectivity index (χ3v) is 6.64. The van der Waals surface area contributed by atoms with E-state index in [4.69, 9.17) is 14.0 Å². The van der Waals surface area contributed by atoms with Gasteiger partial charge < -0.3 is 24.0 Å². The standard InChI is InChI=1S/C23H30N2O5/c1-15-10-18(30-24-15)11-16-13-25(14-19(16)26)22(27)23(8-4-5-9-23)17-6-7-20(28-2)21(12-17)29-3/h6-7,10,12,16,19,26H,4-5,8-9,11,13-14H2,1-3H3/t16-,19-/m1/s1. The molecule has 162 valence electrons. The van der Waals surface area contributed by atoms with Crippen molar-refractivity contribution in [2.45, 2.75) is 50.5 Å². The molecule has 1 saturated heterocycles. The lowest BCUT2D eigenvalue weighted by molar-refractivity contribution is -0.136. The van der Waals surface area contributed by atoms with E-state index in [1.54, 1.807) is 14.2 Å². The van der Waals surface area contributed by atoms with Crippen LogP contribution in [0.2, 0.25) is 0 Å². The van der Waals surface area contributed by atoms with E-state index < -0.39 is 11.5 Å². The van der Waals surface area contributed by atoms with Gasteiger partial charge in [0, 0.05) is 31.5 Å². The predicted octanol–water partition coefficient (Wildman–Crippen LogP) is 2.87. The Morgan fingerprint density at radius 1 is 1.20 bits per heavy atom. The van der Waals surface area contributed by atoms with Crippen LogP contribution >= 0.6 is 0 Å². The first-order valence-electron chi connectivity index (χ1n) is 10.6. The van der Waals surface area contributed by atoms with Crippen molar-refractivity contribution in [2.24, 2.45) is 5.92 Å². The number of hydrogen-bond acceptors (Lipinski definition) is 6. The zero-order valence-electron chi connectivity index (χ0n) is 17.9. The van der Waals surface area contributed by atoms with Gasteiger partial charge in [-0.15, -0.1) is 0 Å². The highest BCUT2D eigenvalue weighted by Crippen LogP contribution is 2.45. The molecular weight excluding hydrogens is 384 g/mol. The molecule has 1 saturated carbocycles. The van der Waals surface area contributed by atoms with Crippen molar-refractivity contribution in [1.29, 1.82) is 0 Å². The number of amides is 1. The number of β-amino-alcohol motifs (C(OH)–C–C–N with tert-alkyl or cyclic N) is 1. The van der Waals surface area contributed by atoms with Crippen molar-refractivity contribution in [2.75, 3.05) is 27.3 Å².